The highest BCUT2D eigenvalue weighted by atomic mass is 16.6. The lowest BCUT2D eigenvalue weighted by molar-refractivity contribution is -0.384. The van der Waals surface area contributed by atoms with Crippen LogP contribution in [0.3, 0.4) is 0 Å². The molecule has 0 bridgehead atoms. The molecular formula is C11H12N4O6. The van der Waals surface area contributed by atoms with Gasteiger partial charge in [0.05, 0.1) is 11.5 Å². The molecule has 10 nitrogen and oxygen atoms in total. The van der Waals surface area contributed by atoms with Crippen molar-refractivity contribution in [2.45, 2.75) is 0 Å². The Bertz CT molecular complexity index is 574. The number of benzene rings is 1. The molecule has 1 rings (SSSR count). The predicted octanol–water partition coefficient (Wildman–Crippen LogP) is -0.0829. The van der Waals surface area contributed by atoms with Crippen LogP contribution < -0.4 is 16.0 Å². The van der Waals surface area contributed by atoms with Crippen LogP contribution in [-0.2, 0) is 9.59 Å². The van der Waals surface area contributed by atoms with Gasteiger partial charge in [-0.25, -0.2) is 4.79 Å². The van der Waals surface area contributed by atoms with Crippen molar-refractivity contribution in [3.63, 3.8) is 0 Å². The van der Waals surface area contributed by atoms with Crippen LogP contribution in [0.4, 0.5) is 16.2 Å². The average Bonchev–Trinajstić information content (AvgIpc) is 2.43. The van der Waals surface area contributed by atoms with E-state index < -0.39 is 35.9 Å². The first-order chi connectivity index (χ1) is 9.88. The van der Waals surface area contributed by atoms with Crippen LogP contribution in [0.1, 0.15) is 0 Å². The zero-order valence-corrected chi connectivity index (χ0v) is 10.7. The molecule has 0 fully saturated rings. The normalized spacial score (nSPS) is 9.52. The lowest BCUT2D eigenvalue weighted by Gasteiger charge is -2.07. The van der Waals surface area contributed by atoms with Crippen LogP contribution >= 0.6 is 0 Å². The van der Waals surface area contributed by atoms with Crippen molar-refractivity contribution in [3.8, 4) is 0 Å². The third kappa shape index (κ3) is 6.00. The molecule has 0 spiro atoms. The zero-order valence-electron chi connectivity index (χ0n) is 10.7. The monoisotopic (exact) mass is 296 g/mol. The van der Waals surface area contributed by atoms with Gasteiger partial charge in [0.1, 0.15) is 6.54 Å². The number of amides is 3. The van der Waals surface area contributed by atoms with Crippen LogP contribution in [0.5, 0.6) is 0 Å². The second kappa shape index (κ2) is 7.43. The number of carboxylic acid groups (broad SMARTS) is 1. The number of carboxylic acids is 1. The smallest absolute Gasteiger partial charge is 0.322 e. The predicted molar refractivity (Wildman–Crippen MR) is 70.8 cm³/mol. The lowest BCUT2D eigenvalue weighted by Crippen LogP contribution is -2.40. The maximum atomic E-state index is 11.4. The molecule has 112 valence electrons. The van der Waals surface area contributed by atoms with Gasteiger partial charge in [-0.3, -0.25) is 19.7 Å². The SMILES string of the molecule is O=C(O)CNC(=O)CNC(=O)Nc1cccc([N+](=O)[O-])c1. The van der Waals surface area contributed by atoms with Gasteiger partial charge in [-0.15, -0.1) is 0 Å². The van der Waals surface area contributed by atoms with Crippen LogP contribution in [0, 0.1) is 10.1 Å². The lowest BCUT2D eigenvalue weighted by atomic mass is 10.3. The number of carbonyl (C=O) groups excluding carboxylic acids is 2. The number of rotatable bonds is 6. The Labute approximate surface area is 118 Å². The minimum Gasteiger partial charge on any atom is -0.480 e. The third-order valence-corrected chi connectivity index (χ3v) is 2.16. The molecule has 3 amide bonds. The zero-order chi connectivity index (χ0) is 15.8. The Morgan fingerprint density at radius 2 is 1.90 bits per heavy atom. The third-order valence-electron chi connectivity index (χ3n) is 2.16. The van der Waals surface area contributed by atoms with Crippen LogP contribution in [0.25, 0.3) is 0 Å². The van der Waals surface area contributed by atoms with Crippen molar-refractivity contribution in [1.29, 1.82) is 0 Å². The van der Waals surface area contributed by atoms with Crippen LogP contribution in [0.15, 0.2) is 24.3 Å². The minimum absolute atomic E-state index is 0.188. The number of nitrogens with zero attached hydrogens (tertiary/aromatic N) is 1. The van der Waals surface area contributed by atoms with Gasteiger partial charge in [-0.05, 0) is 6.07 Å². The average molecular weight is 296 g/mol. The molecule has 0 heterocycles. The van der Waals surface area contributed by atoms with E-state index in [1.54, 1.807) is 0 Å². The summed E-state index contributed by atoms with van der Waals surface area (Å²) >= 11 is 0. The fourth-order valence-corrected chi connectivity index (χ4v) is 1.27. The summed E-state index contributed by atoms with van der Waals surface area (Å²) in [6.07, 6.45) is 0. The molecule has 0 unspecified atom stereocenters. The van der Waals surface area contributed by atoms with E-state index in [0.717, 1.165) is 6.07 Å². The van der Waals surface area contributed by atoms with E-state index in [4.69, 9.17) is 5.11 Å². The number of hydrogen-bond donors (Lipinski definition) is 4. The summed E-state index contributed by atoms with van der Waals surface area (Å²) in [5.74, 6) is -1.88. The number of hydrogen-bond acceptors (Lipinski definition) is 5. The van der Waals surface area contributed by atoms with Crippen molar-refractivity contribution >= 4 is 29.3 Å². The maximum Gasteiger partial charge on any atom is 0.322 e. The summed E-state index contributed by atoms with van der Waals surface area (Å²) in [5.41, 5.74) is -0.000328. The highest BCUT2D eigenvalue weighted by Gasteiger charge is 2.09. The summed E-state index contributed by atoms with van der Waals surface area (Å²) < 4.78 is 0. The number of carbonyl (C=O) groups is 3. The number of nitrogens with one attached hydrogen (secondary N) is 3. The quantitative estimate of drug-likeness (QED) is 0.425. The first-order valence-corrected chi connectivity index (χ1v) is 5.66. The van der Waals surface area contributed by atoms with Crippen molar-refractivity contribution in [2.75, 3.05) is 18.4 Å². The van der Waals surface area contributed by atoms with E-state index >= 15 is 0 Å². The second-order valence-corrected chi connectivity index (χ2v) is 3.79. The standard InChI is InChI=1S/C11H12N4O6/c16-9(12-6-10(17)18)5-13-11(19)14-7-2-1-3-8(4-7)15(20)21/h1-4H,5-6H2,(H,12,16)(H,17,18)(H2,13,14,19). The molecule has 0 aliphatic rings. The Kier molecular flexibility index (Phi) is 5.62. The van der Waals surface area contributed by atoms with Gasteiger partial charge in [0.25, 0.3) is 5.69 Å². The van der Waals surface area contributed by atoms with E-state index in [9.17, 15) is 24.5 Å². The number of nitro benzene ring substituents is 1. The number of nitro groups is 1. The summed E-state index contributed by atoms with van der Waals surface area (Å²) in [7, 11) is 0. The van der Waals surface area contributed by atoms with Crippen LogP contribution in [-0.4, -0.2) is 41.0 Å². The fraction of sp³-hybridized carbons (Fsp3) is 0.182. The Balaban J connectivity index is 2.43. The van der Waals surface area contributed by atoms with Crippen molar-refractivity contribution < 1.29 is 24.4 Å². The van der Waals surface area contributed by atoms with Gasteiger partial charge < -0.3 is 21.1 Å². The molecule has 10 heteroatoms. The largest absolute Gasteiger partial charge is 0.480 e. The van der Waals surface area contributed by atoms with Gasteiger partial charge >= 0.3 is 12.0 Å². The molecule has 4 N–H and O–H groups in total. The minimum atomic E-state index is -1.20. The maximum absolute atomic E-state index is 11.4. The Morgan fingerprint density at radius 3 is 2.52 bits per heavy atom. The highest BCUT2D eigenvalue weighted by molar-refractivity contribution is 5.92. The number of urea groups is 1. The van der Waals surface area contributed by atoms with Crippen molar-refractivity contribution in [3.05, 3.63) is 34.4 Å². The topological polar surface area (TPSA) is 151 Å². The molecule has 0 aliphatic heterocycles. The summed E-state index contributed by atoms with van der Waals surface area (Å²) in [5, 5.41) is 25.4. The molecule has 0 aromatic heterocycles. The van der Waals surface area contributed by atoms with Crippen molar-refractivity contribution in [1.82, 2.24) is 10.6 Å². The van der Waals surface area contributed by atoms with Gasteiger partial charge in [-0.1, -0.05) is 6.07 Å². The Hall–Kier alpha value is -3.17. The second-order valence-electron chi connectivity index (χ2n) is 3.79. The molecule has 0 saturated heterocycles. The number of aliphatic carboxylic acids is 1. The van der Waals surface area contributed by atoms with Crippen LogP contribution in [0.2, 0.25) is 0 Å². The molecule has 0 radical (unpaired) electrons. The fourth-order valence-electron chi connectivity index (χ4n) is 1.27. The summed E-state index contributed by atoms with van der Waals surface area (Å²) in [4.78, 5) is 42.7. The molecule has 1 aromatic rings. The summed E-state index contributed by atoms with van der Waals surface area (Å²) in [6.45, 7) is -0.971. The molecule has 0 saturated carbocycles. The summed E-state index contributed by atoms with van der Waals surface area (Å²) in [6, 6.07) is 4.51. The van der Waals surface area contributed by atoms with Gasteiger partial charge in [-0.2, -0.15) is 0 Å². The highest BCUT2D eigenvalue weighted by Crippen LogP contribution is 2.16. The van der Waals surface area contributed by atoms with E-state index in [-0.39, 0.29) is 11.4 Å². The molecule has 21 heavy (non-hydrogen) atoms. The van der Waals surface area contributed by atoms with Gasteiger partial charge in [0.2, 0.25) is 5.91 Å². The molecular weight excluding hydrogens is 284 g/mol. The first-order valence-electron chi connectivity index (χ1n) is 5.66. The van der Waals surface area contributed by atoms with Crippen molar-refractivity contribution in [2.24, 2.45) is 0 Å². The Morgan fingerprint density at radius 1 is 1.19 bits per heavy atom. The first kappa shape index (κ1) is 15.9. The van der Waals surface area contributed by atoms with E-state index in [0.29, 0.717) is 0 Å². The van der Waals surface area contributed by atoms with E-state index in [1.165, 1.54) is 18.2 Å². The van der Waals surface area contributed by atoms with E-state index in [2.05, 4.69) is 16.0 Å². The molecule has 1 aromatic carbocycles. The van der Waals surface area contributed by atoms with Gasteiger partial charge in [0.15, 0.2) is 0 Å². The molecule has 0 aliphatic carbocycles. The number of anilines is 1. The van der Waals surface area contributed by atoms with E-state index in [1.807, 2.05) is 0 Å². The van der Waals surface area contributed by atoms with Gasteiger partial charge in [0, 0.05) is 17.8 Å². The number of non-ortho nitro benzene ring substituents is 1. The molecule has 0 atom stereocenters.